The molecular formula is C17H16FNO2. The average molecular weight is 285 g/mol. The van der Waals surface area contributed by atoms with Crippen LogP contribution >= 0.6 is 0 Å². The molecule has 0 saturated heterocycles. The minimum Gasteiger partial charge on any atom is -0.491 e. The number of ether oxygens (including phenoxy) is 1. The second kappa shape index (κ2) is 5.95. The number of hydrogen-bond donors (Lipinski definition) is 0. The Morgan fingerprint density at radius 1 is 1.14 bits per heavy atom. The lowest BCUT2D eigenvalue weighted by Gasteiger charge is -2.23. The Balaban J connectivity index is 1.85. The monoisotopic (exact) mass is 285 g/mol. The van der Waals surface area contributed by atoms with E-state index in [1.165, 1.54) is 12.1 Å². The number of rotatable bonds is 3. The summed E-state index contributed by atoms with van der Waals surface area (Å²) in [4.78, 5) is 14.3. The average Bonchev–Trinajstić information content (AvgIpc) is 2.70. The van der Waals surface area contributed by atoms with Gasteiger partial charge in [0.2, 0.25) is 0 Å². The van der Waals surface area contributed by atoms with Crippen molar-refractivity contribution in [2.75, 3.05) is 24.6 Å². The molecule has 0 amide bonds. The Hall–Kier alpha value is -2.36. The fourth-order valence-electron chi connectivity index (χ4n) is 2.51. The molecule has 0 atom stereocenters. The van der Waals surface area contributed by atoms with Crippen LogP contribution < -0.4 is 9.64 Å². The zero-order chi connectivity index (χ0) is 14.7. The normalized spacial score (nSPS) is 14.0. The van der Waals surface area contributed by atoms with E-state index < -0.39 is 5.82 Å². The minimum absolute atomic E-state index is 0.139. The van der Waals surface area contributed by atoms with Crippen molar-refractivity contribution in [3.8, 4) is 5.75 Å². The number of ketones is 1. The van der Waals surface area contributed by atoms with Crippen LogP contribution in [0.4, 0.5) is 10.1 Å². The van der Waals surface area contributed by atoms with Gasteiger partial charge in [-0.15, -0.1) is 0 Å². The zero-order valence-corrected chi connectivity index (χ0v) is 11.6. The highest BCUT2D eigenvalue weighted by Gasteiger charge is 2.20. The molecule has 2 aromatic carbocycles. The number of fused-ring (bicyclic) bond motifs is 1. The summed E-state index contributed by atoms with van der Waals surface area (Å²) < 4.78 is 19.4. The van der Waals surface area contributed by atoms with E-state index in [0.29, 0.717) is 6.61 Å². The molecule has 21 heavy (non-hydrogen) atoms. The molecule has 0 spiro atoms. The van der Waals surface area contributed by atoms with Gasteiger partial charge in [0.1, 0.15) is 11.6 Å². The topological polar surface area (TPSA) is 29.5 Å². The van der Waals surface area contributed by atoms with Crippen molar-refractivity contribution in [2.45, 2.75) is 6.42 Å². The van der Waals surface area contributed by atoms with E-state index in [1.54, 1.807) is 12.1 Å². The van der Waals surface area contributed by atoms with E-state index in [-0.39, 0.29) is 17.9 Å². The van der Waals surface area contributed by atoms with Crippen molar-refractivity contribution >= 4 is 11.5 Å². The van der Waals surface area contributed by atoms with Crippen LogP contribution in [0.5, 0.6) is 5.75 Å². The third kappa shape index (κ3) is 2.89. The van der Waals surface area contributed by atoms with Crippen molar-refractivity contribution < 1.29 is 13.9 Å². The molecule has 0 radical (unpaired) electrons. The van der Waals surface area contributed by atoms with Crippen molar-refractivity contribution in [2.24, 2.45) is 0 Å². The first-order chi connectivity index (χ1) is 10.3. The van der Waals surface area contributed by atoms with Gasteiger partial charge in [0.25, 0.3) is 0 Å². The summed E-state index contributed by atoms with van der Waals surface area (Å²) in [6.45, 7) is 1.50. The number of Topliss-reactive ketones (excluding diaryl/α,β-unsaturated/α-hetero) is 1. The molecule has 2 aromatic rings. The van der Waals surface area contributed by atoms with Crippen LogP contribution in [-0.4, -0.2) is 25.5 Å². The van der Waals surface area contributed by atoms with E-state index in [1.807, 2.05) is 29.2 Å². The number of hydrogen-bond acceptors (Lipinski definition) is 3. The third-order valence-electron chi connectivity index (χ3n) is 3.54. The van der Waals surface area contributed by atoms with Gasteiger partial charge in [-0.3, -0.25) is 4.79 Å². The highest BCUT2D eigenvalue weighted by atomic mass is 19.1. The lowest BCUT2D eigenvalue weighted by Crippen LogP contribution is -2.30. The number of nitrogens with zero attached hydrogens (tertiary/aromatic N) is 1. The lowest BCUT2D eigenvalue weighted by atomic mass is 10.1. The Labute approximate surface area is 123 Å². The van der Waals surface area contributed by atoms with E-state index in [9.17, 15) is 9.18 Å². The Bertz CT molecular complexity index is 657. The molecule has 0 N–H and O–H groups in total. The summed E-state index contributed by atoms with van der Waals surface area (Å²) in [5.74, 6) is 0.0861. The van der Waals surface area contributed by atoms with Gasteiger partial charge in [-0.1, -0.05) is 24.3 Å². The number of halogens is 1. The predicted octanol–water partition coefficient (Wildman–Crippen LogP) is 3.30. The highest BCUT2D eigenvalue weighted by molar-refractivity contribution is 5.99. The van der Waals surface area contributed by atoms with E-state index in [0.717, 1.165) is 24.4 Å². The van der Waals surface area contributed by atoms with E-state index in [2.05, 4.69) is 0 Å². The third-order valence-corrected chi connectivity index (χ3v) is 3.54. The van der Waals surface area contributed by atoms with Crippen molar-refractivity contribution in [1.82, 2.24) is 0 Å². The molecule has 108 valence electrons. The van der Waals surface area contributed by atoms with Gasteiger partial charge in [-0.2, -0.15) is 0 Å². The first-order valence-corrected chi connectivity index (χ1v) is 7.00. The van der Waals surface area contributed by atoms with Crippen molar-refractivity contribution in [3.05, 3.63) is 59.9 Å². The molecule has 0 aromatic heterocycles. The van der Waals surface area contributed by atoms with Crippen LogP contribution in [-0.2, 0) is 0 Å². The Morgan fingerprint density at radius 2 is 1.90 bits per heavy atom. The fourth-order valence-corrected chi connectivity index (χ4v) is 2.51. The summed E-state index contributed by atoms with van der Waals surface area (Å²) in [7, 11) is 0. The summed E-state index contributed by atoms with van der Waals surface area (Å²) in [6, 6.07) is 13.7. The second-order valence-electron chi connectivity index (χ2n) is 4.99. The summed E-state index contributed by atoms with van der Waals surface area (Å²) in [5, 5.41) is 0. The SMILES string of the molecule is O=C(CN1CCCOc2ccccc21)c1ccccc1F. The van der Waals surface area contributed by atoms with Crippen LogP contribution in [0.1, 0.15) is 16.8 Å². The fraction of sp³-hybridized carbons (Fsp3) is 0.235. The molecule has 1 heterocycles. The number of para-hydroxylation sites is 2. The van der Waals surface area contributed by atoms with Gasteiger partial charge in [0.05, 0.1) is 24.4 Å². The van der Waals surface area contributed by atoms with E-state index in [4.69, 9.17) is 4.74 Å². The molecule has 1 aliphatic rings. The second-order valence-corrected chi connectivity index (χ2v) is 4.99. The maximum Gasteiger partial charge on any atom is 0.185 e. The maximum absolute atomic E-state index is 13.7. The minimum atomic E-state index is -0.471. The van der Waals surface area contributed by atoms with Gasteiger partial charge >= 0.3 is 0 Å². The molecule has 0 bridgehead atoms. The van der Waals surface area contributed by atoms with Gasteiger partial charge < -0.3 is 9.64 Å². The molecule has 3 nitrogen and oxygen atoms in total. The highest BCUT2D eigenvalue weighted by Crippen LogP contribution is 2.30. The zero-order valence-electron chi connectivity index (χ0n) is 11.6. The Kier molecular flexibility index (Phi) is 3.86. The smallest absolute Gasteiger partial charge is 0.185 e. The van der Waals surface area contributed by atoms with Crippen LogP contribution in [0.3, 0.4) is 0 Å². The summed E-state index contributed by atoms with van der Waals surface area (Å²) in [6.07, 6.45) is 0.833. The first-order valence-electron chi connectivity index (χ1n) is 7.00. The lowest BCUT2D eigenvalue weighted by molar-refractivity contribution is 0.0995. The van der Waals surface area contributed by atoms with Crippen LogP contribution in [0, 0.1) is 5.82 Å². The molecular weight excluding hydrogens is 269 g/mol. The summed E-state index contributed by atoms with van der Waals surface area (Å²) in [5.41, 5.74) is 1.03. The van der Waals surface area contributed by atoms with Gasteiger partial charge in [0.15, 0.2) is 5.78 Å². The molecule has 0 unspecified atom stereocenters. The number of benzene rings is 2. The molecule has 0 aliphatic carbocycles. The quantitative estimate of drug-likeness (QED) is 0.810. The number of anilines is 1. The molecule has 4 heteroatoms. The van der Waals surface area contributed by atoms with Crippen LogP contribution in [0.15, 0.2) is 48.5 Å². The first kappa shape index (κ1) is 13.6. The Morgan fingerprint density at radius 3 is 2.76 bits per heavy atom. The predicted molar refractivity (Wildman–Crippen MR) is 79.5 cm³/mol. The number of carbonyl (C=O) groups excluding carboxylic acids is 1. The van der Waals surface area contributed by atoms with Crippen molar-refractivity contribution in [1.29, 1.82) is 0 Å². The molecule has 3 rings (SSSR count). The van der Waals surface area contributed by atoms with Gasteiger partial charge in [0, 0.05) is 6.54 Å². The molecule has 0 fully saturated rings. The van der Waals surface area contributed by atoms with E-state index >= 15 is 0 Å². The maximum atomic E-state index is 13.7. The molecule has 0 saturated carbocycles. The number of carbonyl (C=O) groups is 1. The van der Waals surface area contributed by atoms with Crippen molar-refractivity contribution in [3.63, 3.8) is 0 Å². The van der Waals surface area contributed by atoms with Crippen LogP contribution in [0.25, 0.3) is 0 Å². The molecule has 1 aliphatic heterocycles. The largest absolute Gasteiger partial charge is 0.491 e. The van der Waals surface area contributed by atoms with Crippen LogP contribution in [0.2, 0.25) is 0 Å². The van der Waals surface area contributed by atoms with Gasteiger partial charge in [-0.05, 0) is 30.7 Å². The summed E-state index contributed by atoms with van der Waals surface area (Å²) >= 11 is 0. The van der Waals surface area contributed by atoms with Gasteiger partial charge in [-0.25, -0.2) is 4.39 Å². The standard InChI is InChI=1S/C17H16FNO2/c18-14-7-2-1-6-13(14)16(20)12-19-10-5-11-21-17-9-4-3-8-15(17)19/h1-4,6-9H,5,10-12H2.